The van der Waals surface area contributed by atoms with Crippen molar-refractivity contribution in [2.75, 3.05) is 5.73 Å². The summed E-state index contributed by atoms with van der Waals surface area (Å²) in [6.07, 6.45) is 0. The molecule has 0 fully saturated rings. The lowest BCUT2D eigenvalue weighted by atomic mass is 10.1. The number of primary amides is 1. The summed E-state index contributed by atoms with van der Waals surface area (Å²) in [4.78, 5) is 11.2. The van der Waals surface area contributed by atoms with Gasteiger partial charge in [-0.15, -0.1) is 0 Å². The van der Waals surface area contributed by atoms with Crippen LogP contribution in [0.1, 0.15) is 10.5 Å². The summed E-state index contributed by atoms with van der Waals surface area (Å²) in [6.45, 7) is 0. The maximum atomic E-state index is 11.2. The molecular formula is C11H12N4O. The average molecular weight is 216 g/mol. The molecule has 1 aromatic carbocycles. The average Bonchev–Trinajstić information content (AvgIpc) is 2.55. The molecular weight excluding hydrogens is 204 g/mol. The Bertz CT molecular complexity index is 530. The van der Waals surface area contributed by atoms with Crippen molar-refractivity contribution in [3.05, 3.63) is 36.0 Å². The van der Waals surface area contributed by atoms with Crippen molar-refractivity contribution in [3.63, 3.8) is 0 Å². The van der Waals surface area contributed by atoms with Crippen molar-refractivity contribution in [1.82, 2.24) is 9.78 Å². The first-order chi connectivity index (χ1) is 7.61. The second-order valence-corrected chi connectivity index (χ2v) is 3.46. The van der Waals surface area contributed by atoms with Gasteiger partial charge in [0.05, 0.1) is 5.69 Å². The molecule has 5 heteroatoms. The smallest absolute Gasteiger partial charge is 0.269 e. The van der Waals surface area contributed by atoms with Crippen LogP contribution in [-0.4, -0.2) is 15.7 Å². The van der Waals surface area contributed by atoms with Crippen LogP contribution in [0.3, 0.4) is 0 Å². The van der Waals surface area contributed by atoms with Gasteiger partial charge in [-0.05, 0) is 0 Å². The zero-order valence-electron chi connectivity index (χ0n) is 8.84. The Kier molecular flexibility index (Phi) is 2.36. The van der Waals surface area contributed by atoms with Crippen molar-refractivity contribution >= 4 is 11.6 Å². The topological polar surface area (TPSA) is 86.9 Å². The quantitative estimate of drug-likeness (QED) is 0.777. The number of nitrogens with two attached hydrogens (primary N) is 2. The fourth-order valence-electron chi connectivity index (χ4n) is 1.64. The first kappa shape index (κ1) is 10.2. The summed E-state index contributed by atoms with van der Waals surface area (Å²) in [5.74, 6) is -0.574. The summed E-state index contributed by atoms with van der Waals surface area (Å²) >= 11 is 0. The largest absolute Gasteiger partial charge is 0.395 e. The number of nitrogens with zero attached hydrogens (tertiary/aromatic N) is 2. The second-order valence-electron chi connectivity index (χ2n) is 3.46. The lowest BCUT2D eigenvalue weighted by Crippen LogP contribution is -2.17. The normalized spacial score (nSPS) is 10.3. The third-order valence-electron chi connectivity index (χ3n) is 2.36. The zero-order chi connectivity index (χ0) is 11.7. The SMILES string of the molecule is Cn1nc(-c2ccccc2)c(N)c1C(N)=O. The van der Waals surface area contributed by atoms with Gasteiger partial charge in [-0.25, -0.2) is 0 Å². The number of carbonyl (C=O) groups is 1. The molecule has 1 amide bonds. The van der Waals surface area contributed by atoms with Crippen molar-refractivity contribution in [3.8, 4) is 11.3 Å². The van der Waals surface area contributed by atoms with E-state index in [1.807, 2.05) is 30.3 Å². The van der Waals surface area contributed by atoms with Gasteiger partial charge in [0.25, 0.3) is 5.91 Å². The molecule has 0 aliphatic carbocycles. The minimum absolute atomic E-state index is 0.235. The Labute approximate surface area is 92.7 Å². The molecule has 5 nitrogen and oxygen atoms in total. The molecule has 0 radical (unpaired) electrons. The van der Waals surface area contributed by atoms with Gasteiger partial charge in [0, 0.05) is 12.6 Å². The first-order valence-electron chi connectivity index (χ1n) is 4.79. The molecule has 2 rings (SSSR count). The minimum Gasteiger partial charge on any atom is -0.395 e. The summed E-state index contributed by atoms with van der Waals surface area (Å²) < 4.78 is 1.40. The summed E-state index contributed by atoms with van der Waals surface area (Å²) in [5, 5.41) is 4.19. The Morgan fingerprint density at radius 2 is 1.94 bits per heavy atom. The standard InChI is InChI=1S/C11H12N4O/c1-15-10(11(13)16)8(12)9(14-15)7-5-3-2-4-6-7/h2-6H,12H2,1H3,(H2,13,16). The number of hydrogen-bond donors (Lipinski definition) is 2. The molecule has 4 N–H and O–H groups in total. The van der Waals surface area contributed by atoms with Crippen LogP contribution in [0, 0.1) is 0 Å². The van der Waals surface area contributed by atoms with E-state index in [0.29, 0.717) is 11.4 Å². The highest BCUT2D eigenvalue weighted by Gasteiger charge is 2.18. The van der Waals surface area contributed by atoms with E-state index in [1.165, 1.54) is 4.68 Å². The lowest BCUT2D eigenvalue weighted by Gasteiger charge is -1.97. The number of rotatable bonds is 2. The highest BCUT2D eigenvalue weighted by Crippen LogP contribution is 2.26. The third kappa shape index (κ3) is 1.52. The van der Waals surface area contributed by atoms with Gasteiger partial charge in [-0.2, -0.15) is 5.10 Å². The molecule has 0 spiro atoms. The molecule has 1 heterocycles. The number of aryl methyl sites for hydroxylation is 1. The number of anilines is 1. The van der Waals surface area contributed by atoms with Gasteiger partial charge in [0.2, 0.25) is 0 Å². The van der Waals surface area contributed by atoms with E-state index in [-0.39, 0.29) is 5.69 Å². The van der Waals surface area contributed by atoms with E-state index in [9.17, 15) is 4.79 Å². The van der Waals surface area contributed by atoms with Crippen LogP contribution in [0.5, 0.6) is 0 Å². The number of nitrogen functional groups attached to an aromatic ring is 1. The van der Waals surface area contributed by atoms with Crippen molar-refractivity contribution in [2.24, 2.45) is 12.8 Å². The van der Waals surface area contributed by atoms with Crippen molar-refractivity contribution < 1.29 is 4.79 Å². The van der Waals surface area contributed by atoms with Gasteiger partial charge < -0.3 is 11.5 Å². The highest BCUT2D eigenvalue weighted by molar-refractivity contribution is 5.99. The fourth-order valence-corrected chi connectivity index (χ4v) is 1.64. The number of carbonyl (C=O) groups excluding carboxylic acids is 1. The van der Waals surface area contributed by atoms with Crippen LogP contribution in [0.4, 0.5) is 5.69 Å². The van der Waals surface area contributed by atoms with E-state index < -0.39 is 5.91 Å². The molecule has 0 saturated carbocycles. The number of benzene rings is 1. The monoisotopic (exact) mass is 216 g/mol. The van der Waals surface area contributed by atoms with Crippen LogP contribution in [0.25, 0.3) is 11.3 Å². The van der Waals surface area contributed by atoms with E-state index in [0.717, 1.165) is 5.56 Å². The molecule has 0 unspecified atom stereocenters. The number of aromatic nitrogens is 2. The third-order valence-corrected chi connectivity index (χ3v) is 2.36. The van der Waals surface area contributed by atoms with Crippen LogP contribution < -0.4 is 11.5 Å². The van der Waals surface area contributed by atoms with Crippen LogP contribution in [0.15, 0.2) is 30.3 Å². The molecule has 0 aliphatic heterocycles. The second kappa shape index (κ2) is 3.69. The number of hydrogen-bond acceptors (Lipinski definition) is 3. The van der Waals surface area contributed by atoms with E-state index in [4.69, 9.17) is 11.5 Å². The maximum absolute atomic E-state index is 11.2. The van der Waals surface area contributed by atoms with E-state index in [1.54, 1.807) is 7.05 Å². The Balaban J connectivity index is 2.61. The fraction of sp³-hybridized carbons (Fsp3) is 0.0909. The van der Waals surface area contributed by atoms with Crippen molar-refractivity contribution in [2.45, 2.75) is 0 Å². The lowest BCUT2D eigenvalue weighted by molar-refractivity contribution is 0.0992. The molecule has 0 bridgehead atoms. The molecule has 0 saturated heterocycles. The van der Waals surface area contributed by atoms with Crippen molar-refractivity contribution in [1.29, 1.82) is 0 Å². The summed E-state index contributed by atoms with van der Waals surface area (Å²) in [5.41, 5.74) is 13.1. The molecule has 82 valence electrons. The molecule has 16 heavy (non-hydrogen) atoms. The highest BCUT2D eigenvalue weighted by atomic mass is 16.1. The minimum atomic E-state index is -0.574. The Morgan fingerprint density at radius 1 is 1.31 bits per heavy atom. The Hall–Kier alpha value is -2.30. The van der Waals surface area contributed by atoms with E-state index in [2.05, 4.69) is 5.10 Å². The van der Waals surface area contributed by atoms with Gasteiger partial charge >= 0.3 is 0 Å². The Morgan fingerprint density at radius 3 is 2.44 bits per heavy atom. The number of amides is 1. The van der Waals surface area contributed by atoms with Gasteiger partial charge in [-0.3, -0.25) is 9.48 Å². The first-order valence-corrected chi connectivity index (χ1v) is 4.79. The summed E-state index contributed by atoms with van der Waals surface area (Å²) in [6, 6.07) is 9.42. The predicted molar refractivity (Wildman–Crippen MR) is 61.6 cm³/mol. The van der Waals surface area contributed by atoms with Crippen LogP contribution >= 0.6 is 0 Å². The molecule has 1 aromatic heterocycles. The summed E-state index contributed by atoms with van der Waals surface area (Å²) in [7, 11) is 1.64. The van der Waals surface area contributed by atoms with Gasteiger partial charge in [-0.1, -0.05) is 30.3 Å². The van der Waals surface area contributed by atoms with E-state index >= 15 is 0 Å². The predicted octanol–water partition coefficient (Wildman–Crippen LogP) is 0.768. The molecule has 0 atom stereocenters. The van der Waals surface area contributed by atoms with Gasteiger partial charge in [0.1, 0.15) is 11.4 Å². The van der Waals surface area contributed by atoms with Crippen LogP contribution in [-0.2, 0) is 7.05 Å². The maximum Gasteiger partial charge on any atom is 0.269 e. The van der Waals surface area contributed by atoms with Crippen LogP contribution in [0.2, 0.25) is 0 Å². The zero-order valence-corrected chi connectivity index (χ0v) is 8.84. The van der Waals surface area contributed by atoms with Gasteiger partial charge in [0.15, 0.2) is 0 Å². The molecule has 0 aliphatic rings. The molecule has 2 aromatic rings.